The van der Waals surface area contributed by atoms with E-state index in [1.165, 1.54) is 22.3 Å². The molecule has 1 saturated heterocycles. The quantitative estimate of drug-likeness (QED) is 0.816. The molecule has 3 rings (SSSR count). The van der Waals surface area contributed by atoms with E-state index in [1.54, 1.807) is 0 Å². The van der Waals surface area contributed by atoms with Crippen LogP contribution in [0.3, 0.4) is 0 Å². The predicted molar refractivity (Wildman–Crippen MR) is 103 cm³/mol. The van der Waals surface area contributed by atoms with Gasteiger partial charge in [-0.2, -0.15) is 0 Å². The number of aryl methyl sites for hydroxylation is 3. The molecule has 0 radical (unpaired) electrons. The molecule has 0 spiro atoms. The first kappa shape index (κ1) is 17.7. The van der Waals surface area contributed by atoms with Gasteiger partial charge >= 0.3 is 0 Å². The zero-order valence-electron chi connectivity index (χ0n) is 15.1. The van der Waals surface area contributed by atoms with E-state index in [2.05, 4.69) is 66.1 Å². The van der Waals surface area contributed by atoms with Gasteiger partial charge in [-0.1, -0.05) is 55.5 Å². The average molecular weight is 336 g/mol. The maximum atomic E-state index is 11.5. The van der Waals surface area contributed by atoms with Crippen molar-refractivity contribution in [1.29, 1.82) is 0 Å². The SMILES string of the molecule is CCc1ccc(CCCc2cccc(C[C@H]3CNCC(=O)N3)c2)cc1. The molecule has 132 valence electrons. The Balaban J connectivity index is 1.50. The Bertz CT molecular complexity index is 693. The third-order valence-electron chi connectivity index (χ3n) is 4.88. The van der Waals surface area contributed by atoms with E-state index < -0.39 is 0 Å². The highest BCUT2D eigenvalue weighted by atomic mass is 16.2. The van der Waals surface area contributed by atoms with Crippen molar-refractivity contribution in [3.63, 3.8) is 0 Å². The molecule has 2 aromatic rings. The van der Waals surface area contributed by atoms with E-state index in [9.17, 15) is 4.79 Å². The van der Waals surface area contributed by atoms with Gasteiger partial charge in [0.2, 0.25) is 5.91 Å². The monoisotopic (exact) mass is 336 g/mol. The number of carbonyl (C=O) groups excluding carboxylic acids is 1. The van der Waals surface area contributed by atoms with Gasteiger partial charge in [0.1, 0.15) is 0 Å². The number of piperazine rings is 1. The first-order chi connectivity index (χ1) is 12.2. The van der Waals surface area contributed by atoms with Gasteiger partial charge in [-0.25, -0.2) is 0 Å². The maximum Gasteiger partial charge on any atom is 0.234 e. The highest BCUT2D eigenvalue weighted by molar-refractivity contribution is 5.79. The van der Waals surface area contributed by atoms with Crippen LogP contribution in [-0.2, 0) is 30.5 Å². The van der Waals surface area contributed by atoms with Gasteiger partial charge in [-0.3, -0.25) is 4.79 Å². The normalized spacial score (nSPS) is 17.3. The van der Waals surface area contributed by atoms with Crippen LogP contribution in [-0.4, -0.2) is 25.0 Å². The van der Waals surface area contributed by atoms with Crippen LogP contribution in [0.25, 0.3) is 0 Å². The Labute approximate surface area is 150 Å². The van der Waals surface area contributed by atoms with Gasteiger partial charge in [0.25, 0.3) is 0 Å². The Morgan fingerprint density at radius 2 is 1.68 bits per heavy atom. The summed E-state index contributed by atoms with van der Waals surface area (Å²) in [4.78, 5) is 11.5. The summed E-state index contributed by atoms with van der Waals surface area (Å²) >= 11 is 0. The Kier molecular flexibility index (Phi) is 6.24. The Morgan fingerprint density at radius 1 is 0.960 bits per heavy atom. The van der Waals surface area contributed by atoms with Crippen molar-refractivity contribution in [3.05, 3.63) is 70.8 Å². The average Bonchev–Trinajstić information content (AvgIpc) is 2.63. The van der Waals surface area contributed by atoms with Crippen molar-refractivity contribution in [2.75, 3.05) is 13.1 Å². The van der Waals surface area contributed by atoms with Crippen LogP contribution >= 0.6 is 0 Å². The minimum atomic E-state index is 0.0986. The summed E-state index contributed by atoms with van der Waals surface area (Å²) in [6, 6.07) is 18.0. The van der Waals surface area contributed by atoms with Gasteiger partial charge in [-0.05, 0) is 54.4 Å². The second-order valence-corrected chi connectivity index (χ2v) is 6.94. The molecule has 3 nitrogen and oxygen atoms in total. The van der Waals surface area contributed by atoms with Gasteiger partial charge in [0, 0.05) is 12.6 Å². The van der Waals surface area contributed by atoms with E-state index in [4.69, 9.17) is 0 Å². The van der Waals surface area contributed by atoms with Crippen molar-refractivity contribution in [2.24, 2.45) is 0 Å². The van der Waals surface area contributed by atoms with Crippen LogP contribution in [0.2, 0.25) is 0 Å². The predicted octanol–water partition coefficient (Wildman–Crippen LogP) is 3.05. The van der Waals surface area contributed by atoms with E-state index in [1.807, 2.05) is 0 Å². The van der Waals surface area contributed by atoms with Crippen LogP contribution in [0.1, 0.15) is 35.6 Å². The molecule has 0 aliphatic carbocycles. The summed E-state index contributed by atoms with van der Waals surface area (Å²) in [5, 5.41) is 6.22. The summed E-state index contributed by atoms with van der Waals surface area (Å²) in [6.07, 6.45) is 5.38. The van der Waals surface area contributed by atoms with Gasteiger partial charge in [0.15, 0.2) is 0 Å². The molecular formula is C22H28N2O. The Hall–Kier alpha value is -2.13. The lowest BCUT2D eigenvalue weighted by Gasteiger charge is -2.24. The van der Waals surface area contributed by atoms with Crippen molar-refractivity contribution in [3.8, 4) is 0 Å². The molecule has 1 aliphatic heterocycles. The smallest absolute Gasteiger partial charge is 0.234 e. The van der Waals surface area contributed by atoms with Crippen molar-refractivity contribution < 1.29 is 4.79 Å². The molecular weight excluding hydrogens is 308 g/mol. The number of hydrogen-bond donors (Lipinski definition) is 2. The highest BCUT2D eigenvalue weighted by Gasteiger charge is 2.17. The summed E-state index contributed by atoms with van der Waals surface area (Å²) in [7, 11) is 0. The summed E-state index contributed by atoms with van der Waals surface area (Å²) in [5.41, 5.74) is 5.52. The first-order valence-corrected chi connectivity index (χ1v) is 9.38. The fourth-order valence-electron chi connectivity index (χ4n) is 3.45. The van der Waals surface area contributed by atoms with Crippen LogP contribution in [0.4, 0.5) is 0 Å². The molecule has 25 heavy (non-hydrogen) atoms. The Morgan fingerprint density at radius 3 is 2.44 bits per heavy atom. The van der Waals surface area contributed by atoms with Crippen LogP contribution in [0.15, 0.2) is 48.5 Å². The minimum Gasteiger partial charge on any atom is -0.351 e. The zero-order chi connectivity index (χ0) is 17.5. The molecule has 2 N–H and O–H groups in total. The molecule has 1 fully saturated rings. The van der Waals surface area contributed by atoms with Crippen molar-refractivity contribution in [1.82, 2.24) is 10.6 Å². The molecule has 0 saturated carbocycles. The van der Waals surface area contributed by atoms with Gasteiger partial charge < -0.3 is 10.6 Å². The summed E-state index contributed by atoms with van der Waals surface area (Å²) in [6.45, 7) is 3.48. The molecule has 0 unspecified atom stereocenters. The third kappa shape index (κ3) is 5.43. The molecule has 1 atom stereocenters. The van der Waals surface area contributed by atoms with Crippen molar-refractivity contribution >= 4 is 5.91 Å². The second-order valence-electron chi connectivity index (χ2n) is 6.94. The maximum absolute atomic E-state index is 11.5. The summed E-state index contributed by atoms with van der Waals surface area (Å²) in [5.74, 6) is 0.0986. The number of carbonyl (C=O) groups is 1. The first-order valence-electron chi connectivity index (χ1n) is 9.38. The number of rotatable bonds is 7. The highest BCUT2D eigenvalue weighted by Crippen LogP contribution is 2.13. The fraction of sp³-hybridized carbons (Fsp3) is 0.409. The van der Waals surface area contributed by atoms with Crippen molar-refractivity contribution in [2.45, 2.75) is 45.1 Å². The van der Waals surface area contributed by atoms with E-state index in [-0.39, 0.29) is 11.9 Å². The zero-order valence-corrected chi connectivity index (χ0v) is 15.1. The van der Waals surface area contributed by atoms with Gasteiger partial charge in [-0.15, -0.1) is 0 Å². The molecule has 1 heterocycles. The van der Waals surface area contributed by atoms with E-state index >= 15 is 0 Å². The largest absolute Gasteiger partial charge is 0.351 e. The third-order valence-corrected chi connectivity index (χ3v) is 4.88. The molecule has 3 heteroatoms. The lowest BCUT2D eigenvalue weighted by atomic mass is 9.98. The lowest BCUT2D eigenvalue weighted by molar-refractivity contribution is -0.122. The fourth-order valence-corrected chi connectivity index (χ4v) is 3.45. The second kappa shape index (κ2) is 8.82. The number of amides is 1. The van der Waals surface area contributed by atoms with Gasteiger partial charge in [0.05, 0.1) is 6.54 Å². The van der Waals surface area contributed by atoms with Crippen LogP contribution in [0.5, 0.6) is 0 Å². The topological polar surface area (TPSA) is 41.1 Å². The number of nitrogens with one attached hydrogen (secondary N) is 2. The van der Waals surface area contributed by atoms with Crippen LogP contribution < -0.4 is 10.6 Å². The molecule has 1 aliphatic rings. The van der Waals surface area contributed by atoms with Crippen LogP contribution in [0, 0.1) is 0 Å². The summed E-state index contributed by atoms with van der Waals surface area (Å²) < 4.78 is 0. The molecule has 0 bridgehead atoms. The standard InChI is InChI=1S/C22H28N2O/c1-2-17-9-11-18(12-10-17)5-3-6-19-7-4-8-20(13-19)14-21-15-23-16-22(25)24-21/h4,7-13,21,23H,2-3,5-6,14-16H2,1H3,(H,24,25)/t21-/m0/s1. The molecule has 1 amide bonds. The lowest BCUT2D eigenvalue weighted by Crippen LogP contribution is -2.52. The number of hydrogen-bond acceptors (Lipinski definition) is 2. The molecule has 2 aromatic carbocycles. The van der Waals surface area contributed by atoms with E-state index in [0.29, 0.717) is 6.54 Å². The number of benzene rings is 2. The minimum absolute atomic E-state index is 0.0986. The van der Waals surface area contributed by atoms with E-state index in [0.717, 1.165) is 38.6 Å². The molecule has 0 aromatic heterocycles.